The number of halogens is 1. The number of hydrogen-bond acceptors (Lipinski definition) is 5. The molecule has 0 spiro atoms. The molecule has 0 radical (unpaired) electrons. The van der Waals surface area contributed by atoms with E-state index in [4.69, 9.17) is 25.8 Å². The number of ether oxygens (including phenoxy) is 3. The fourth-order valence-electron chi connectivity index (χ4n) is 2.13. The van der Waals surface area contributed by atoms with Gasteiger partial charge in [-0.3, -0.25) is 4.79 Å². The number of methoxy groups -OCH3 is 2. The van der Waals surface area contributed by atoms with E-state index >= 15 is 0 Å². The van der Waals surface area contributed by atoms with Gasteiger partial charge in [0.25, 0.3) is 0 Å². The second-order valence-electron chi connectivity index (χ2n) is 5.38. The van der Waals surface area contributed by atoms with Gasteiger partial charge in [-0.25, -0.2) is 0 Å². The third-order valence-electron chi connectivity index (χ3n) is 3.31. The second kappa shape index (κ2) is 8.44. The predicted molar refractivity (Wildman–Crippen MR) is 97.7 cm³/mol. The van der Waals surface area contributed by atoms with Gasteiger partial charge in [0, 0.05) is 26.4 Å². The number of rotatable bonds is 7. The summed E-state index contributed by atoms with van der Waals surface area (Å²) in [6.45, 7) is 0. The van der Waals surface area contributed by atoms with Crippen LogP contribution in [0.15, 0.2) is 54.4 Å². The van der Waals surface area contributed by atoms with Gasteiger partial charge in [-0.05, 0) is 24.3 Å². The van der Waals surface area contributed by atoms with E-state index in [1.165, 1.54) is 7.11 Å². The Morgan fingerprint density at radius 3 is 2.36 bits per heavy atom. The van der Waals surface area contributed by atoms with E-state index in [9.17, 15) is 4.79 Å². The van der Waals surface area contributed by atoms with Crippen LogP contribution in [-0.4, -0.2) is 39.0 Å². The standard InChI is InChI=1S/C19H20ClNO4/c1-21(2)12-18(25-16-8-6-5-7-15(16)20)19(22)14-10-9-13(23-3)11-17(14)24-4/h5-12H,1-4H3. The van der Waals surface area contributed by atoms with E-state index < -0.39 is 0 Å². The van der Waals surface area contributed by atoms with Crippen molar-refractivity contribution >= 4 is 17.4 Å². The summed E-state index contributed by atoms with van der Waals surface area (Å²) in [7, 11) is 6.65. The molecule has 6 heteroatoms. The Hall–Kier alpha value is -2.66. The largest absolute Gasteiger partial charge is 0.497 e. The monoisotopic (exact) mass is 361 g/mol. The number of nitrogens with zero attached hydrogens (tertiary/aromatic N) is 1. The van der Waals surface area contributed by atoms with Gasteiger partial charge in [-0.2, -0.15) is 0 Å². The zero-order valence-corrected chi connectivity index (χ0v) is 15.3. The molecule has 25 heavy (non-hydrogen) atoms. The number of allylic oxidation sites excluding steroid dienone is 1. The highest BCUT2D eigenvalue weighted by Crippen LogP contribution is 2.30. The quantitative estimate of drug-likeness (QED) is 0.423. The molecule has 0 saturated carbocycles. The zero-order chi connectivity index (χ0) is 18.4. The van der Waals surface area contributed by atoms with Crippen LogP contribution in [-0.2, 0) is 0 Å². The number of carbonyl (C=O) groups is 1. The summed E-state index contributed by atoms with van der Waals surface area (Å²) >= 11 is 6.14. The summed E-state index contributed by atoms with van der Waals surface area (Å²) in [5, 5.41) is 0.418. The first-order chi connectivity index (χ1) is 12.0. The molecule has 2 aromatic carbocycles. The predicted octanol–water partition coefficient (Wildman–Crippen LogP) is 4.02. The zero-order valence-electron chi connectivity index (χ0n) is 14.6. The minimum atomic E-state index is -0.326. The molecule has 0 unspecified atom stereocenters. The van der Waals surface area contributed by atoms with Crippen LogP contribution in [0.5, 0.6) is 17.2 Å². The topological polar surface area (TPSA) is 48.0 Å². The van der Waals surface area contributed by atoms with Gasteiger partial charge in [0.15, 0.2) is 5.76 Å². The summed E-state index contributed by atoms with van der Waals surface area (Å²) < 4.78 is 16.3. The van der Waals surface area contributed by atoms with Crippen LogP contribution < -0.4 is 14.2 Å². The minimum absolute atomic E-state index is 0.126. The summed E-state index contributed by atoms with van der Waals surface area (Å²) in [5.74, 6) is 1.20. The number of carbonyl (C=O) groups excluding carboxylic acids is 1. The molecule has 5 nitrogen and oxygen atoms in total. The smallest absolute Gasteiger partial charge is 0.233 e. The second-order valence-corrected chi connectivity index (χ2v) is 5.79. The molecule has 0 amide bonds. The summed E-state index contributed by atoms with van der Waals surface area (Å²) in [6, 6.07) is 12.0. The van der Waals surface area contributed by atoms with Crippen LogP contribution in [0, 0.1) is 0 Å². The Labute approximate surface area is 152 Å². The third-order valence-corrected chi connectivity index (χ3v) is 3.62. The number of benzene rings is 2. The maximum absolute atomic E-state index is 13.0. The molecule has 132 valence electrons. The molecule has 0 aliphatic heterocycles. The lowest BCUT2D eigenvalue weighted by Crippen LogP contribution is -2.15. The Balaban J connectivity index is 2.42. The van der Waals surface area contributed by atoms with Crippen molar-refractivity contribution in [3.05, 3.63) is 65.0 Å². The van der Waals surface area contributed by atoms with Crippen molar-refractivity contribution in [1.82, 2.24) is 4.90 Å². The van der Waals surface area contributed by atoms with Crippen molar-refractivity contribution < 1.29 is 19.0 Å². The number of Topliss-reactive ketones (excluding diaryl/α,β-unsaturated/α-hetero) is 1. The van der Waals surface area contributed by atoms with Gasteiger partial charge in [0.1, 0.15) is 17.2 Å². The molecular formula is C19H20ClNO4. The van der Waals surface area contributed by atoms with Gasteiger partial charge in [0.2, 0.25) is 5.78 Å². The van der Waals surface area contributed by atoms with Crippen molar-refractivity contribution in [1.29, 1.82) is 0 Å². The first kappa shape index (κ1) is 18.7. The molecule has 0 atom stereocenters. The van der Waals surface area contributed by atoms with E-state index in [1.807, 2.05) is 0 Å². The first-order valence-corrected chi connectivity index (χ1v) is 7.91. The molecule has 0 bridgehead atoms. The lowest BCUT2D eigenvalue weighted by Gasteiger charge is -2.15. The Morgan fingerprint density at radius 1 is 1.04 bits per heavy atom. The van der Waals surface area contributed by atoms with Gasteiger partial charge in [-0.15, -0.1) is 0 Å². The normalized spacial score (nSPS) is 11.0. The molecule has 0 aliphatic rings. The van der Waals surface area contributed by atoms with Crippen LogP contribution in [0.2, 0.25) is 5.02 Å². The lowest BCUT2D eigenvalue weighted by molar-refractivity contribution is 0.0979. The highest BCUT2D eigenvalue weighted by Gasteiger charge is 2.21. The summed E-state index contributed by atoms with van der Waals surface area (Å²) in [5.41, 5.74) is 0.364. The molecule has 0 heterocycles. The van der Waals surface area contributed by atoms with Crippen LogP contribution in [0.4, 0.5) is 0 Å². The van der Waals surface area contributed by atoms with Crippen molar-refractivity contribution in [2.24, 2.45) is 0 Å². The van der Waals surface area contributed by atoms with E-state index in [1.54, 1.807) is 74.8 Å². The number of hydrogen-bond donors (Lipinski definition) is 0. The fraction of sp³-hybridized carbons (Fsp3) is 0.211. The van der Waals surface area contributed by atoms with Crippen LogP contribution >= 0.6 is 11.6 Å². The van der Waals surface area contributed by atoms with Gasteiger partial charge >= 0.3 is 0 Å². The van der Waals surface area contributed by atoms with Crippen molar-refractivity contribution in [3.8, 4) is 17.2 Å². The number of ketones is 1. The van der Waals surface area contributed by atoms with Gasteiger partial charge in [-0.1, -0.05) is 23.7 Å². The highest BCUT2D eigenvalue weighted by molar-refractivity contribution is 6.32. The number of para-hydroxylation sites is 1. The molecular weight excluding hydrogens is 342 g/mol. The molecule has 0 N–H and O–H groups in total. The maximum Gasteiger partial charge on any atom is 0.233 e. The summed E-state index contributed by atoms with van der Waals surface area (Å²) in [6.07, 6.45) is 1.59. The third kappa shape index (κ3) is 4.67. The van der Waals surface area contributed by atoms with Crippen molar-refractivity contribution in [2.45, 2.75) is 0 Å². The molecule has 2 rings (SSSR count). The van der Waals surface area contributed by atoms with Crippen LogP contribution in [0.1, 0.15) is 10.4 Å². The van der Waals surface area contributed by atoms with Gasteiger partial charge < -0.3 is 19.1 Å². The van der Waals surface area contributed by atoms with E-state index in [2.05, 4.69) is 0 Å². The fourth-order valence-corrected chi connectivity index (χ4v) is 2.30. The minimum Gasteiger partial charge on any atom is -0.497 e. The first-order valence-electron chi connectivity index (χ1n) is 7.53. The van der Waals surface area contributed by atoms with Crippen molar-refractivity contribution in [3.63, 3.8) is 0 Å². The Kier molecular flexibility index (Phi) is 6.31. The average Bonchev–Trinajstić information content (AvgIpc) is 2.61. The molecule has 0 saturated heterocycles. The lowest BCUT2D eigenvalue weighted by atomic mass is 10.1. The Morgan fingerprint density at radius 2 is 1.76 bits per heavy atom. The van der Waals surface area contributed by atoms with E-state index in [0.29, 0.717) is 27.8 Å². The van der Waals surface area contributed by atoms with Crippen LogP contribution in [0.25, 0.3) is 0 Å². The molecule has 0 aliphatic carbocycles. The SMILES string of the molecule is COc1ccc(C(=O)C(=CN(C)C)Oc2ccccc2Cl)c(OC)c1. The maximum atomic E-state index is 13.0. The van der Waals surface area contributed by atoms with Gasteiger partial charge in [0.05, 0.1) is 24.8 Å². The molecule has 2 aromatic rings. The average molecular weight is 362 g/mol. The van der Waals surface area contributed by atoms with Crippen molar-refractivity contribution in [2.75, 3.05) is 28.3 Å². The molecule has 0 fully saturated rings. The van der Waals surface area contributed by atoms with E-state index in [0.717, 1.165) is 0 Å². The Bertz CT molecular complexity index is 787. The highest BCUT2D eigenvalue weighted by atomic mass is 35.5. The van der Waals surface area contributed by atoms with Crippen LogP contribution in [0.3, 0.4) is 0 Å². The molecule has 0 aromatic heterocycles. The summed E-state index contributed by atoms with van der Waals surface area (Å²) in [4.78, 5) is 14.7. The van der Waals surface area contributed by atoms with E-state index in [-0.39, 0.29) is 11.5 Å².